The van der Waals surface area contributed by atoms with Gasteiger partial charge in [0.15, 0.2) is 11.6 Å². The number of nitrogens with one attached hydrogen (secondary N) is 1. The second-order valence-electron chi connectivity index (χ2n) is 13.5. The molecule has 1 aromatic carbocycles. The molecule has 1 N–H and O–H groups in total. The third kappa shape index (κ3) is 8.60. The van der Waals surface area contributed by atoms with E-state index in [9.17, 15) is 8.42 Å². The molecule has 0 bridgehead atoms. The molecule has 2 saturated carbocycles. The first kappa shape index (κ1) is 37.5. The minimum atomic E-state index is -3.53. The van der Waals surface area contributed by atoms with Crippen molar-refractivity contribution in [1.82, 2.24) is 19.5 Å². The van der Waals surface area contributed by atoms with E-state index < -0.39 is 9.05 Å². The van der Waals surface area contributed by atoms with E-state index in [-0.39, 0.29) is 16.5 Å². The average Bonchev–Trinajstić information content (AvgIpc) is 3.94. The molecule has 5 aromatic rings. The van der Waals surface area contributed by atoms with Crippen LogP contribution in [0.4, 0.5) is 0 Å². The molecule has 0 unspecified atom stereocenters. The number of nitrogens with zero attached hydrogens (tertiary/aromatic N) is 3. The Kier molecular flexibility index (Phi) is 11.6. The highest BCUT2D eigenvalue weighted by Gasteiger charge is 2.41. The molecular formula is C37H41ClI2N4O6S. The van der Waals surface area contributed by atoms with Crippen molar-refractivity contribution in [2.24, 2.45) is 7.05 Å². The van der Waals surface area contributed by atoms with Crippen LogP contribution in [-0.4, -0.2) is 65.9 Å². The van der Waals surface area contributed by atoms with E-state index >= 15 is 0 Å². The van der Waals surface area contributed by atoms with Crippen molar-refractivity contribution >= 4 is 87.0 Å². The summed E-state index contributed by atoms with van der Waals surface area (Å²) in [4.78, 5) is 12.5. The number of aromatic nitrogens is 4. The van der Waals surface area contributed by atoms with Crippen LogP contribution in [0.5, 0.6) is 0 Å². The van der Waals surface area contributed by atoms with Crippen molar-refractivity contribution in [3.05, 3.63) is 85.5 Å². The van der Waals surface area contributed by atoms with Crippen LogP contribution in [-0.2, 0) is 35.0 Å². The van der Waals surface area contributed by atoms with Gasteiger partial charge in [0.2, 0.25) is 0 Å². The van der Waals surface area contributed by atoms with Crippen LogP contribution >= 0.6 is 55.9 Å². The number of H-pyrrole nitrogens is 1. The average molecular weight is 959 g/mol. The molecule has 2 aliphatic carbocycles. The summed E-state index contributed by atoms with van der Waals surface area (Å²) in [7, 11) is 3.55. The molecule has 14 heteroatoms. The Bertz CT molecular complexity index is 2060. The van der Waals surface area contributed by atoms with E-state index in [1.54, 1.807) is 18.2 Å². The summed E-state index contributed by atoms with van der Waals surface area (Å²) in [6.07, 6.45) is 16.7. The Balaban J connectivity index is 0.000000127. The van der Waals surface area contributed by atoms with Gasteiger partial charge in [-0.3, -0.25) is 0 Å². The van der Waals surface area contributed by atoms with Crippen LogP contribution in [0.15, 0.2) is 72.1 Å². The van der Waals surface area contributed by atoms with Gasteiger partial charge in [-0.15, -0.1) is 0 Å². The topological polar surface area (TPSA) is 118 Å². The molecule has 51 heavy (non-hydrogen) atoms. The van der Waals surface area contributed by atoms with Gasteiger partial charge in [-0.25, -0.2) is 18.4 Å². The normalized spacial score (nSPS) is 21.5. The summed E-state index contributed by atoms with van der Waals surface area (Å²) < 4.78 is 49.0. The van der Waals surface area contributed by atoms with Gasteiger partial charge in [0, 0.05) is 86.1 Å². The van der Waals surface area contributed by atoms with Gasteiger partial charge < -0.3 is 28.5 Å². The quantitative estimate of drug-likeness (QED) is 0.141. The van der Waals surface area contributed by atoms with E-state index in [2.05, 4.69) is 96.3 Å². The monoisotopic (exact) mass is 958 g/mol. The molecule has 272 valence electrons. The van der Waals surface area contributed by atoms with Gasteiger partial charge >= 0.3 is 0 Å². The maximum atomic E-state index is 10.6. The maximum Gasteiger partial charge on any atom is 0.261 e. The number of rotatable bonds is 3. The highest BCUT2D eigenvalue weighted by Crippen LogP contribution is 2.44. The van der Waals surface area contributed by atoms with E-state index in [1.165, 1.54) is 41.2 Å². The van der Waals surface area contributed by atoms with E-state index in [1.807, 2.05) is 12.4 Å². The molecule has 10 nitrogen and oxygen atoms in total. The number of aromatic amines is 1. The van der Waals surface area contributed by atoms with Crippen molar-refractivity contribution in [3.63, 3.8) is 0 Å². The van der Waals surface area contributed by atoms with Crippen LogP contribution in [0.25, 0.3) is 22.1 Å². The number of pyridine rings is 2. The molecule has 0 radical (unpaired) electrons. The first-order valence-corrected chi connectivity index (χ1v) is 21.8. The zero-order chi connectivity index (χ0) is 35.6. The Labute approximate surface area is 330 Å². The summed E-state index contributed by atoms with van der Waals surface area (Å²) in [6.45, 7) is 3.00. The Morgan fingerprint density at radius 2 is 1.29 bits per heavy atom. The van der Waals surface area contributed by atoms with Crippen LogP contribution in [0.1, 0.15) is 74.3 Å². The lowest BCUT2D eigenvalue weighted by molar-refractivity contribution is -0.179. The Hall–Kier alpha value is -1.86. The van der Waals surface area contributed by atoms with Gasteiger partial charge in [-0.1, -0.05) is 18.2 Å². The highest BCUT2D eigenvalue weighted by molar-refractivity contribution is 14.1. The van der Waals surface area contributed by atoms with Crippen molar-refractivity contribution in [3.8, 4) is 0 Å². The van der Waals surface area contributed by atoms with Crippen LogP contribution in [0.3, 0.4) is 0 Å². The molecule has 4 fully saturated rings. The van der Waals surface area contributed by atoms with E-state index in [4.69, 9.17) is 29.6 Å². The van der Waals surface area contributed by atoms with Gasteiger partial charge in [0.05, 0.1) is 31.3 Å². The second kappa shape index (κ2) is 15.9. The van der Waals surface area contributed by atoms with Gasteiger partial charge in [0.1, 0.15) is 11.3 Å². The van der Waals surface area contributed by atoms with Crippen LogP contribution in [0.2, 0.25) is 0 Å². The summed E-state index contributed by atoms with van der Waals surface area (Å²) >= 11 is 4.75. The summed E-state index contributed by atoms with van der Waals surface area (Å²) in [6, 6.07) is 12.5. The van der Waals surface area contributed by atoms with Gasteiger partial charge in [-0.2, -0.15) is 0 Å². The lowest BCUT2D eigenvalue weighted by atomic mass is 9.81. The minimum Gasteiger partial charge on any atom is -0.348 e. The SMILES string of the molecule is Cn1cc(I)c2cc(C3CCC4(CC3)OCCO4)cnc21.Ic1c[nH]c2ncc(C3CCC4(CC3)OCCO4)cc12.O=S(=O)(Cl)c1ccccc1. The van der Waals surface area contributed by atoms with Crippen LogP contribution in [0, 0.1) is 7.14 Å². The standard InChI is InChI=1S/C16H19IN2O2.C15H17IN2O2.C6H5ClO2S/c1-19-10-14(17)13-8-12(9-18-15(13)19)11-2-4-16(5-3-11)20-6-7-21-16;16-13-9-18-14-12(13)7-11(8-17-14)10-1-3-15(4-2-10)19-5-6-20-15;7-10(8,9)6-4-2-1-3-5-6/h8-11H,2-7H2,1H3;7-10H,1-6H2,(H,17,18);1-5H. The number of halogens is 3. The number of hydrogen-bond donors (Lipinski definition) is 1. The summed E-state index contributed by atoms with van der Waals surface area (Å²) in [5.41, 5.74) is 4.76. The smallest absolute Gasteiger partial charge is 0.261 e. The Morgan fingerprint density at radius 3 is 1.80 bits per heavy atom. The zero-order valence-corrected chi connectivity index (χ0v) is 34.2. The first-order valence-electron chi connectivity index (χ1n) is 17.3. The molecule has 2 saturated heterocycles. The fourth-order valence-electron chi connectivity index (χ4n) is 7.60. The fourth-order valence-corrected chi connectivity index (χ4v) is 9.77. The fraction of sp³-hybridized carbons (Fsp3) is 0.459. The third-order valence-corrected chi connectivity index (χ3v) is 13.5. The van der Waals surface area contributed by atoms with Crippen molar-refractivity contribution in [2.45, 2.75) is 79.7 Å². The van der Waals surface area contributed by atoms with Crippen molar-refractivity contribution in [2.75, 3.05) is 26.4 Å². The lowest BCUT2D eigenvalue weighted by Crippen LogP contribution is -2.34. The molecule has 0 amide bonds. The number of hydrogen-bond acceptors (Lipinski definition) is 8. The van der Waals surface area contributed by atoms with E-state index in [0.29, 0.717) is 11.8 Å². The van der Waals surface area contributed by atoms with Gasteiger partial charge in [0.25, 0.3) is 9.05 Å². The molecule has 4 aromatic heterocycles. The maximum absolute atomic E-state index is 10.6. The van der Waals surface area contributed by atoms with Crippen LogP contribution < -0.4 is 0 Å². The Morgan fingerprint density at radius 1 is 0.784 bits per heavy atom. The zero-order valence-electron chi connectivity index (χ0n) is 28.3. The predicted molar refractivity (Wildman–Crippen MR) is 213 cm³/mol. The van der Waals surface area contributed by atoms with E-state index in [0.717, 1.165) is 89.1 Å². The third-order valence-electron chi connectivity index (χ3n) is 10.4. The van der Waals surface area contributed by atoms with Crippen molar-refractivity contribution < 1.29 is 27.4 Å². The number of fused-ring (bicyclic) bond motifs is 2. The summed E-state index contributed by atoms with van der Waals surface area (Å²) in [5.74, 6) is 0.624. The molecule has 4 aliphatic rings. The molecule has 2 spiro atoms. The molecule has 9 rings (SSSR count). The van der Waals surface area contributed by atoms with Crippen molar-refractivity contribution in [1.29, 1.82) is 0 Å². The number of aryl methyl sites for hydroxylation is 1. The highest BCUT2D eigenvalue weighted by atomic mass is 127. The number of ether oxygens (including phenoxy) is 4. The lowest BCUT2D eigenvalue weighted by Gasteiger charge is -2.35. The second-order valence-corrected chi connectivity index (χ2v) is 18.4. The first-order chi connectivity index (χ1) is 24.5. The van der Waals surface area contributed by atoms with Gasteiger partial charge in [-0.05, 0) is 118 Å². The molecule has 6 heterocycles. The molecular weight excluding hydrogens is 918 g/mol. The molecule has 2 aliphatic heterocycles. The summed E-state index contributed by atoms with van der Waals surface area (Å²) in [5, 5.41) is 2.50. The largest absolute Gasteiger partial charge is 0.348 e. The number of benzene rings is 1. The molecule has 0 atom stereocenters. The predicted octanol–water partition coefficient (Wildman–Crippen LogP) is 8.76. The minimum absolute atomic E-state index is 0.136.